The van der Waals surface area contributed by atoms with Crippen molar-refractivity contribution in [2.45, 2.75) is 19.8 Å². The van der Waals surface area contributed by atoms with Crippen molar-refractivity contribution in [1.29, 1.82) is 0 Å². The molecule has 3 N–H and O–H groups in total. The van der Waals surface area contributed by atoms with Gasteiger partial charge in [-0.1, -0.05) is 0 Å². The second kappa shape index (κ2) is 6.33. The first-order chi connectivity index (χ1) is 9.61. The summed E-state index contributed by atoms with van der Waals surface area (Å²) in [6, 6.07) is 0. The molecule has 108 valence electrons. The molecule has 0 spiro atoms. The van der Waals surface area contributed by atoms with Crippen LogP contribution in [0.25, 0.3) is 11.5 Å². The second-order valence-electron chi connectivity index (χ2n) is 4.58. The molecule has 0 saturated heterocycles. The van der Waals surface area contributed by atoms with Crippen LogP contribution in [0.2, 0.25) is 0 Å². The van der Waals surface area contributed by atoms with Gasteiger partial charge in [0.15, 0.2) is 5.69 Å². The van der Waals surface area contributed by atoms with Gasteiger partial charge in [-0.2, -0.15) is 5.10 Å². The molecule has 0 aliphatic heterocycles. The van der Waals surface area contributed by atoms with E-state index in [9.17, 15) is 4.79 Å². The Balaban J connectivity index is 2.05. The van der Waals surface area contributed by atoms with Crippen molar-refractivity contribution in [2.24, 2.45) is 12.8 Å². The van der Waals surface area contributed by atoms with E-state index in [1.807, 2.05) is 7.05 Å². The third-order valence-corrected chi connectivity index (χ3v) is 2.88. The number of nitrogens with zero attached hydrogens (tertiary/aromatic N) is 3. The highest BCUT2D eigenvalue weighted by atomic mass is 16.4. The molecule has 7 heteroatoms. The zero-order valence-corrected chi connectivity index (χ0v) is 11.7. The number of carbonyl (C=O) groups excluding carboxylic acids is 1. The monoisotopic (exact) mass is 277 g/mol. The van der Waals surface area contributed by atoms with Crippen LogP contribution in [-0.2, 0) is 7.05 Å². The number of amides is 1. The Morgan fingerprint density at radius 3 is 2.95 bits per heavy atom. The Morgan fingerprint density at radius 1 is 1.50 bits per heavy atom. The zero-order chi connectivity index (χ0) is 14.5. The minimum absolute atomic E-state index is 0.224. The maximum absolute atomic E-state index is 12.0. The number of hydrogen-bond acceptors (Lipinski definition) is 5. The molecule has 7 nitrogen and oxygen atoms in total. The summed E-state index contributed by atoms with van der Waals surface area (Å²) in [7, 11) is 1.81. The summed E-state index contributed by atoms with van der Waals surface area (Å²) in [6.07, 6.45) is 5.18. The Kier molecular flexibility index (Phi) is 4.52. The Morgan fingerprint density at radius 2 is 2.30 bits per heavy atom. The number of unbranched alkanes of at least 4 members (excludes halogenated alkanes) is 1. The van der Waals surface area contributed by atoms with Crippen molar-refractivity contribution in [2.75, 3.05) is 13.1 Å². The number of nitrogens with one attached hydrogen (secondary N) is 1. The first-order valence-electron chi connectivity index (χ1n) is 6.56. The van der Waals surface area contributed by atoms with Gasteiger partial charge in [-0.3, -0.25) is 9.48 Å². The van der Waals surface area contributed by atoms with Crippen LogP contribution in [0.15, 0.2) is 16.8 Å². The molecule has 2 aromatic heterocycles. The van der Waals surface area contributed by atoms with E-state index in [1.54, 1.807) is 24.0 Å². The van der Waals surface area contributed by atoms with E-state index in [1.165, 1.54) is 0 Å². The Labute approximate surface area is 117 Å². The number of aromatic nitrogens is 3. The van der Waals surface area contributed by atoms with Crippen molar-refractivity contribution in [3.05, 3.63) is 23.8 Å². The normalized spacial score (nSPS) is 10.8. The van der Waals surface area contributed by atoms with Gasteiger partial charge in [0, 0.05) is 19.8 Å². The van der Waals surface area contributed by atoms with Crippen LogP contribution in [0.3, 0.4) is 0 Å². The van der Waals surface area contributed by atoms with E-state index in [0.29, 0.717) is 30.4 Å². The maximum atomic E-state index is 12.0. The number of aryl methyl sites for hydroxylation is 2. The van der Waals surface area contributed by atoms with Crippen LogP contribution < -0.4 is 11.1 Å². The van der Waals surface area contributed by atoms with E-state index in [2.05, 4.69) is 15.4 Å². The molecule has 0 saturated carbocycles. The van der Waals surface area contributed by atoms with Crippen molar-refractivity contribution in [3.8, 4) is 11.5 Å². The van der Waals surface area contributed by atoms with Crippen LogP contribution in [0.5, 0.6) is 0 Å². The molecule has 0 unspecified atom stereocenters. The predicted molar refractivity (Wildman–Crippen MR) is 74.1 cm³/mol. The lowest BCUT2D eigenvalue weighted by molar-refractivity contribution is 0.0947. The highest BCUT2D eigenvalue weighted by Gasteiger charge is 2.18. The lowest BCUT2D eigenvalue weighted by Crippen LogP contribution is -2.25. The summed E-state index contributed by atoms with van der Waals surface area (Å²) in [6.45, 7) is 2.94. The van der Waals surface area contributed by atoms with Gasteiger partial charge in [0.1, 0.15) is 5.76 Å². The Bertz CT molecular complexity index is 587. The average Bonchev–Trinajstić information content (AvgIpc) is 3.00. The molecule has 0 aliphatic rings. The molecule has 0 fully saturated rings. The molecule has 0 aliphatic carbocycles. The van der Waals surface area contributed by atoms with Crippen LogP contribution in [-0.4, -0.2) is 33.8 Å². The standard InChI is InChI=1S/C13H19N5O2/c1-9-11(12(19)15-6-4-3-5-14)17-13(20-9)10-7-16-18(2)8-10/h7-8H,3-6,14H2,1-2H3,(H,15,19). The van der Waals surface area contributed by atoms with Crippen molar-refractivity contribution in [1.82, 2.24) is 20.1 Å². The molecule has 20 heavy (non-hydrogen) atoms. The van der Waals surface area contributed by atoms with Crippen molar-refractivity contribution in [3.63, 3.8) is 0 Å². The third-order valence-electron chi connectivity index (χ3n) is 2.88. The number of rotatable bonds is 6. The van der Waals surface area contributed by atoms with Crippen LogP contribution in [0.1, 0.15) is 29.1 Å². The van der Waals surface area contributed by atoms with Gasteiger partial charge >= 0.3 is 0 Å². The van der Waals surface area contributed by atoms with Gasteiger partial charge in [0.25, 0.3) is 5.91 Å². The highest BCUT2D eigenvalue weighted by Crippen LogP contribution is 2.20. The van der Waals surface area contributed by atoms with Crippen molar-refractivity contribution < 1.29 is 9.21 Å². The molecule has 0 aromatic carbocycles. The van der Waals surface area contributed by atoms with Gasteiger partial charge in [0.05, 0.1) is 11.8 Å². The summed E-state index contributed by atoms with van der Waals surface area (Å²) >= 11 is 0. The molecule has 1 amide bonds. The summed E-state index contributed by atoms with van der Waals surface area (Å²) in [4.78, 5) is 16.2. The largest absolute Gasteiger partial charge is 0.440 e. The molecule has 2 rings (SSSR count). The van der Waals surface area contributed by atoms with Crippen LogP contribution in [0, 0.1) is 6.92 Å². The first kappa shape index (κ1) is 14.3. The van der Waals surface area contributed by atoms with E-state index in [0.717, 1.165) is 18.4 Å². The fraction of sp³-hybridized carbons (Fsp3) is 0.462. The maximum Gasteiger partial charge on any atom is 0.273 e. The minimum atomic E-state index is -0.224. The Hall–Kier alpha value is -2.15. The molecular weight excluding hydrogens is 258 g/mol. The van der Waals surface area contributed by atoms with E-state index >= 15 is 0 Å². The lowest BCUT2D eigenvalue weighted by Gasteiger charge is -2.01. The molecular formula is C13H19N5O2. The zero-order valence-electron chi connectivity index (χ0n) is 11.7. The summed E-state index contributed by atoms with van der Waals surface area (Å²) < 4.78 is 7.17. The minimum Gasteiger partial charge on any atom is -0.440 e. The van der Waals surface area contributed by atoms with Gasteiger partial charge in [0.2, 0.25) is 5.89 Å². The SMILES string of the molecule is Cc1oc(-c2cnn(C)c2)nc1C(=O)NCCCCN. The van der Waals surface area contributed by atoms with Crippen LogP contribution in [0.4, 0.5) is 0 Å². The average molecular weight is 277 g/mol. The summed E-state index contributed by atoms with van der Waals surface area (Å²) in [5.74, 6) is 0.682. The van der Waals surface area contributed by atoms with Gasteiger partial charge in [-0.05, 0) is 26.3 Å². The second-order valence-corrected chi connectivity index (χ2v) is 4.58. The molecule has 2 aromatic rings. The number of nitrogens with two attached hydrogens (primary N) is 1. The summed E-state index contributed by atoms with van der Waals surface area (Å²) in [5, 5.41) is 6.86. The third kappa shape index (κ3) is 3.24. The predicted octanol–water partition coefficient (Wildman–Crippen LogP) is 0.852. The smallest absolute Gasteiger partial charge is 0.273 e. The fourth-order valence-corrected chi connectivity index (χ4v) is 1.82. The molecule has 0 bridgehead atoms. The first-order valence-corrected chi connectivity index (χ1v) is 6.56. The van der Waals surface area contributed by atoms with Gasteiger partial charge in [-0.25, -0.2) is 4.98 Å². The fourth-order valence-electron chi connectivity index (χ4n) is 1.82. The van der Waals surface area contributed by atoms with Crippen LogP contribution >= 0.6 is 0 Å². The number of hydrogen-bond donors (Lipinski definition) is 2. The van der Waals surface area contributed by atoms with Crippen molar-refractivity contribution >= 4 is 5.91 Å². The lowest BCUT2D eigenvalue weighted by atomic mass is 10.3. The van der Waals surface area contributed by atoms with E-state index in [-0.39, 0.29) is 5.91 Å². The quantitative estimate of drug-likeness (QED) is 0.763. The van der Waals surface area contributed by atoms with E-state index in [4.69, 9.17) is 10.2 Å². The number of carbonyl (C=O) groups is 1. The number of oxazole rings is 1. The highest BCUT2D eigenvalue weighted by molar-refractivity contribution is 5.93. The topological polar surface area (TPSA) is 99.0 Å². The molecule has 0 atom stereocenters. The van der Waals surface area contributed by atoms with Gasteiger partial charge < -0.3 is 15.5 Å². The summed E-state index contributed by atoms with van der Waals surface area (Å²) in [5.41, 5.74) is 6.47. The molecule has 2 heterocycles. The van der Waals surface area contributed by atoms with Gasteiger partial charge in [-0.15, -0.1) is 0 Å². The van der Waals surface area contributed by atoms with E-state index < -0.39 is 0 Å². The molecule has 0 radical (unpaired) electrons.